The summed E-state index contributed by atoms with van der Waals surface area (Å²) in [5.74, 6) is -0.338. The van der Waals surface area contributed by atoms with Crippen molar-refractivity contribution < 1.29 is 4.68 Å². The van der Waals surface area contributed by atoms with Gasteiger partial charge in [0.2, 0.25) is 0 Å². The molecule has 0 aliphatic heterocycles. The molecule has 0 amide bonds. The molecule has 1 aromatic rings. The van der Waals surface area contributed by atoms with Gasteiger partial charge in [-0.15, -0.1) is 11.6 Å². The topological polar surface area (TPSA) is 65.7 Å². The van der Waals surface area contributed by atoms with E-state index >= 15 is 0 Å². The van der Waals surface area contributed by atoms with Crippen molar-refractivity contribution in [3.05, 3.63) is 30.6 Å². The summed E-state index contributed by atoms with van der Waals surface area (Å²) in [6.45, 7) is 4.41. The monoisotopic (exact) mass is 527 g/mol. The molecule has 1 rings (SSSR count). The molecule has 5 atom stereocenters. The van der Waals surface area contributed by atoms with E-state index in [1.54, 1.807) is 0 Å². The van der Waals surface area contributed by atoms with Crippen molar-refractivity contribution in [2.24, 2.45) is 11.7 Å². The van der Waals surface area contributed by atoms with E-state index in [4.69, 9.17) is 17.3 Å². The van der Waals surface area contributed by atoms with Crippen molar-refractivity contribution in [1.82, 2.24) is 0 Å². The van der Waals surface area contributed by atoms with Crippen LogP contribution in [0.5, 0.6) is 0 Å². The highest BCUT2D eigenvalue weighted by molar-refractivity contribution is 9.09. The Bertz CT molecular complexity index is 610. The quantitative estimate of drug-likeness (QED) is 0.117. The number of unbranched alkanes of at least 4 members (excludes halogenated alkanes) is 9. The van der Waals surface area contributed by atoms with Gasteiger partial charge in [0.05, 0.1) is 22.2 Å². The molecule has 0 saturated carbocycles. The van der Waals surface area contributed by atoms with Crippen LogP contribution in [0.25, 0.3) is 0 Å². The number of pyridine rings is 1. The molecular weight excluding hydrogens is 484 g/mol. The molecule has 0 radical (unpaired) electrons. The van der Waals surface area contributed by atoms with Crippen LogP contribution in [0, 0.1) is 17.2 Å². The predicted molar refractivity (Wildman–Crippen MR) is 141 cm³/mol. The lowest BCUT2D eigenvalue weighted by molar-refractivity contribution is -0.654. The Hall–Kier alpha value is -0.830. The summed E-state index contributed by atoms with van der Waals surface area (Å²) in [7, 11) is 0. The van der Waals surface area contributed by atoms with E-state index in [0.717, 1.165) is 32.1 Å². The molecule has 0 fully saturated rings. The zero-order valence-corrected chi connectivity index (χ0v) is 22.5. The van der Waals surface area contributed by atoms with Gasteiger partial charge in [0.25, 0.3) is 0 Å². The van der Waals surface area contributed by atoms with Crippen molar-refractivity contribution >= 4 is 27.5 Å². The smallest absolute Gasteiger partial charge is 0.199 e. The van der Waals surface area contributed by atoms with Gasteiger partial charge in [-0.1, -0.05) is 111 Å². The van der Waals surface area contributed by atoms with E-state index in [9.17, 15) is 5.26 Å². The molecule has 182 valence electrons. The second kappa shape index (κ2) is 18.6. The number of rotatable bonds is 19. The zero-order valence-electron chi connectivity index (χ0n) is 20.2. The van der Waals surface area contributed by atoms with Crippen LogP contribution in [0.2, 0.25) is 0 Å². The van der Waals surface area contributed by atoms with Gasteiger partial charge in [0, 0.05) is 18.2 Å². The summed E-state index contributed by atoms with van der Waals surface area (Å²) >= 11 is 10.6. The van der Waals surface area contributed by atoms with Crippen LogP contribution in [0.1, 0.15) is 97.3 Å². The molecule has 1 heterocycles. The molecular formula is C26H45BrClN4+. The van der Waals surface area contributed by atoms with E-state index in [0.29, 0.717) is 0 Å². The third-order valence-corrected chi connectivity index (χ3v) is 7.90. The van der Waals surface area contributed by atoms with Gasteiger partial charge in [-0.05, 0) is 12.8 Å². The molecule has 3 N–H and O–H groups in total. The van der Waals surface area contributed by atoms with E-state index in [1.165, 1.54) is 51.4 Å². The predicted octanol–water partition coefficient (Wildman–Crippen LogP) is 6.84. The van der Waals surface area contributed by atoms with Gasteiger partial charge in [-0.3, -0.25) is 0 Å². The Morgan fingerprint density at radius 3 is 2.03 bits per heavy atom. The lowest BCUT2D eigenvalue weighted by Gasteiger charge is -2.31. The standard InChI is InChI=1S/C26H45BrClN4/c1-3-5-7-8-9-10-11-12-14-18-24(30)25(27)26(31-32-19-15-13-16-20-32)22(21-29)23(28)17-6-4-2/h13,15-16,19-20,22-26,31H,3-12,14,17-18,30H2,1-2H3/q+1. The van der Waals surface area contributed by atoms with Gasteiger partial charge in [0.1, 0.15) is 6.04 Å². The van der Waals surface area contributed by atoms with Gasteiger partial charge in [-0.2, -0.15) is 10.7 Å². The maximum atomic E-state index is 9.98. The first kappa shape index (κ1) is 29.2. The molecule has 0 spiro atoms. The highest BCUT2D eigenvalue weighted by Gasteiger charge is 2.38. The fourth-order valence-electron chi connectivity index (χ4n) is 4.09. The first-order chi connectivity index (χ1) is 15.5. The summed E-state index contributed by atoms with van der Waals surface area (Å²) in [6.07, 6.45) is 19.5. The Kier molecular flexibility index (Phi) is 17.0. The summed E-state index contributed by atoms with van der Waals surface area (Å²) in [5.41, 5.74) is 10.1. The average Bonchev–Trinajstić information content (AvgIpc) is 2.81. The molecule has 6 heteroatoms. The van der Waals surface area contributed by atoms with Gasteiger partial charge in [0.15, 0.2) is 12.4 Å². The van der Waals surface area contributed by atoms with Crippen molar-refractivity contribution in [3.63, 3.8) is 0 Å². The normalized spacial score (nSPS) is 16.0. The van der Waals surface area contributed by atoms with Crippen molar-refractivity contribution in [1.29, 1.82) is 5.26 Å². The summed E-state index contributed by atoms with van der Waals surface area (Å²) in [4.78, 5) is -0.0447. The third kappa shape index (κ3) is 11.9. The number of halogens is 2. The number of hydrogen-bond acceptors (Lipinski definition) is 3. The Morgan fingerprint density at radius 1 is 0.906 bits per heavy atom. The molecule has 0 aliphatic rings. The van der Waals surface area contributed by atoms with Crippen molar-refractivity contribution in [2.75, 3.05) is 5.43 Å². The van der Waals surface area contributed by atoms with Crippen molar-refractivity contribution in [2.45, 2.75) is 120 Å². The minimum Gasteiger partial charge on any atom is -0.327 e. The number of nitriles is 1. The fraction of sp³-hybridized carbons (Fsp3) is 0.769. The first-order valence-corrected chi connectivity index (χ1v) is 14.1. The zero-order chi connectivity index (χ0) is 23.6. The van der Waals surface area contributed by atoms with Crippen LogP contribution >= 0.6 is 27.5 Å². The van der Waals surface area contributed by atoms with Gasteiger partial charge in [-0.25, -0.2) is 0 Å². The Labute approximate surface area is 210 Å². The SMILES string of the molecule is CCCCCCCCCCCC(N)C(Br)C(N[n+]1ccccc1)C(C#N)C(Cl)CCCC. The molecule has 0 bridgehead atoms. The van der Waals surface area contributed by atoms with Crippen LogP contribution in [-0.4, -0.2) is 22.3 Å². The number of aromatic nitrogens is 1. The maximum Gasteiger partial charge on any atom is 0.199 e. The van der Waals surface area contributed by atoms with E-state index < -0.39 is 0 Å². The van der Waals surface area contributed by atoms with E-state index in [1.807, 2.05) is 35.3 Å². The minimum atomic E-state index is -0.338. The molecule has 0 aliphatic carbocycles. The van der Waals surface area contributed by atoms with Crippen molar-refractivity contribution in [3.8, 4) is 6.07 Å². The van der Waals surface area contributed by atoms with E-state index in [-0.39, 0.29) is 28.2 Å². The minimum absolute atomic E-state index is 0.0349. The first-order valence-electron chi connectivity index (χ1n) is 12.7. The number of hydrogen-bond donors (Lipinski definition) is 2. The lowest BCUT2D eigenvalue weighted by Crippen LogP contribution is -2.59. The van der Waals surface area contributed by atoms with Crippen LogP contribution in [0.4, 0.5) is 0 Å². The molecule has 0 saturated heterocycles. The summed E-state index contributed by atoms with van der Waals surface area (Å²) in [5, 5.41) is 9.77. The fourth-order valence-corrected chi connectivity index (χ4v) is 5.17. The Balaban J connectivity index is 2.61. The number of nitrogens with zero attached hydrogens (tertiary/aromatic N) is 2. The van der Waals surface area contributed by atoms with Crippen LogP contribution in [-0.2, 0) is 0 Å². The van der Waals surface area contributed by atoms with Crippen LogP contribution in [0.3, 0.4) is 0 Å². The second-order valence-electron chi connectivity index (χ2n) is 8.98. The number of nitrogens with one attached hydrogen (secondary N) is 1. The molecule has 1 aromatic heterocycles. The largest absolute Gasteiger partial charge is 0.327 e. The number of alkyl halides is 2. The van der Waals surface area contributed by atoms with Crippen LogP contribution < -0.4 is 15.8 Å². The van der Waals surface area contributed by atoms with E-state index in [2.05, 4.69) is 41.3 Å². The molecule has 4 nitrogen and oxygen atoms in total. The van der Waals surface area contributed by atoms with Crippen LogP contribution in [0.15, 0.2) is 30.6 Å². The number of nitrogens with two attached hydrogens (primary N) is 1. The average molecular weight is 529 g/mol. The van der Waals surface area contributed by atoms with Gasteiger partial charge < -0.3 is 5.73 Å². The second-order valence-corrected chi connectivity index (χ2v) is 10.6. The highest BCUT2D eigenvalue weighted by atomic mass is 79.9. The molecule has 5 unspecified atom stereocenters. The highest BCUT2D eigenvalue weighted by Crippen LogP contribution is 2.27. The third-order valence-electron chi connectivity index (χ3n) is 6.17. The van der Waals surface area contributed by atoms with Gasteiger partial charge >= 0.3 is 0 Å². The summed E-state index contributed by atoms with van der Waals surface area (Å²) < 4.78 is 1.90. The Morgan fingerprint density at radius 2 is 1.47 bits per heavy atom. The molecule has 32 heavy (non-hydrogen) atoms. The lowest BCUT2D eigenvalue weighted by atomic mass is 9.88. The summed E-state index contributed by atoms with van der Waals surface area (Å²) in [6, 6.07) is 8.17. The maximum absolute atomic E-state index is 9.98. The molecule has 0 aromatic carbocycles.